The summed E-state index contributed by atoms with van der Waals surface area (Å²) in [6, 6.07) is 4.98. The van der Waals surface area contributed by atoms with E-state index in [4.69, 9.17) is 0 Å². The van der Waals surface area contributed by atoms with E-state index in [1.54, 1.807) is 0 Å². The van der Waals surface area contributed by atoms with Gasteiger partial charge in [0.05, 0.1) is 0 Å². The highest BCUT2D eigenvalue weighted by Gasteiger charge is 2.35. The minimum atomic E-state index is 0.0503. The van der Waals surface area contributed by atoms with Crippen LogP contribution < -0.4 is 15.5 Å². The zero-order valence-electron chi connectivity index (χ0n) is 12.1. The summed E-state index contributed by atoms with van der Waals surface area (Å²) < 4.78 is 0. The molecule has 4 nitrogen and oxygen atoms in total. The van der Waals surface area contributed by atoms with Gasteiger partial charge in [-0.1, -0.05) is 0 Å². The summed E-state index contributed by atoms with van der Waals surface area (Å²) in [7, 11) is 0. The maximum Gasteiger partial charge on any atom is 0.128 e. The van der Waals surface area contributed by atoms with E-state index in [9.17, 15) is 0 Å². The van der Waals surface area contributed by atoms with Gasteiger partial charge in [0.25, 0.3) is 0 Å². The lowest BCUT2D eigenvalue weighted by Crippen LogP contribution is -2.30. The van der Waals surface area contributed by atoms with Crippen LogP contribution in [0.5, 0.6) is 0 Å². The van der Waals surface area contributed by atoms with Crippen LogP contribution in [0.15, 0.2) is 18.3 Å². The van der Waals surface area contributed by atoms with Crippen LogP contribution in [0.25, 0.3) is 0 Å². The molecule has 0 radical (unpaired) electrons. The molecule has 4 heteroatoms. The summed E-state index contributed by atoms with van der Waals surface area (Å²) in [6.45, 7) is 9.97. The highest BCUT2D eigenvalue weighted by atomic mass is 15.2. The van der Waals surface area contributed by atoms with Crippen molar-refractivity contribution in [3.63, 3.8) is 0 Å². The molecule has 0 aromatic carbocycles. The number of nitrogens with zero attached hydrogens (tertiary/aromatic N) is 2. The lowest BCUT2D eigenvalue weighted by atomic mass is 10.1. The first-order chi connectivity index (χ1) is 9.01. The fourth-order valence-electron chi connectivity index (χ4n) is 3.13. The van der Waals surface area contributed by atoms with Gasteiger partial charge in [-0.2, -0.15) is 0 Å². The number of nitrogens with one attached hydrogen (secondary N) is 2. The zero-order chi connectivity index (χ0) is 13.5. The summed E-state index contributed by atoms with van der Waals surface area (Å²) >= 11 is 0. The van der Waals surface area contributed by atoms with Crippen LogP contribution in [0.2, 0.25) is 0 Å². The second kappa shape index (κ2) is 4.67. The van der Waals surface area contributed by atoms with Crippen molar-refractivity contribution >= 4 is 11.5 Å². The Morgan fingerprint density at radius 1 is 1.37 bits per heavy atom. The lowest BCUT2D eigenvalue weighted by Gasteiger charge is -2.24. The normalized spacial score (nSPS) is 26.6. The number of hydrogen-bond acceptors (Lipinski definition) is 4. The van der Waals surface area contributed by atoms with E-state index in [-0.39, 0.29) is 5.54 Å². The first-order valence-corrected chi connectivity index (χ1v) is 7.24. The smallest absolute Gasteiger partial charge is 0.128 e. The first-order valence-electron chi connectivity index (χ1n) is 7.24. The summed E-state index contributed by atoms with van der Waals surface area (Å²) in [6.07, 6.45) is 3.23. The zero-order valence-corrected chi connectivity index (χ0v) is 12.1. The standard InChI is InChI=1S/C15H24N4/c1-15(2,3)18-14-8-12(5-7-17-14)19-9-11-4-6-16-13(11)10-19/h5,7-8,11,13,16H,4,6,9-10H2,1-3H3,(H,17,18)/t11-,13?/m1/s1. The van der Waals surface area contributed by atoms with Gasteiger partial charge in [0, 0.05) is 42.6 Å². The third-order valence-corrected chi connectivity index (χ3v) is 3.97. The average molecular weight is 260 g/mol. The summed E-state index contributed by atoms with van der Waals surface area (Å²) in [5, 5.41) is 7.04. The third-order valence-electron chi connectivity index (χ3n) is 3.97. The van der Waals surface area contributed by atoms with Crippen LogP contribution in [0.1, 0.15) is 27.2 Å². The molecule has 104 valence electrons. The van der Waals surface area contributed by atoms with Crippen LogP contribution in [-0.2, 0) is 0 Å². The number of rotatable bonds is 2. The van der Waals surface area contributed by atoms with Crippen molar-refractivity contribution in [2.45, 2.75) is 38.8 Å². The molecule has 2 fully saturated rings. The van der Waals surface area contributed by atoms with Crippen molar-refractivity contribution in [2.24, 2.45) is 5.92 Å². The second-order valence-electron chi connectivity index (χ2n) is 6.79. The number of anilines is 2. The highest BCUT2D eigenvalue weighted by molar-refractivity contribution is 5.55. The van der Waals surface area contributed by atoms with Gasteiger partial charge in [-0.15, -0.1) is 0 Å². The molecule has 0 aliphatic carbocycles. The Kier molecular flexibility index (Phi) is 3.13. The van der Waals surface area contributed by atoms with Crippen LogP contribution >= 0.6 is 0 Å². The Morgan fingerprint density at radius 3 is 2.95 bits per heavy atom. The van der Waals surface area contributed by atoms with Crippen molar-refractivity contribution in [3.05, 3.63) is 18.3 Å². The predicted molar refractivity (Wildman–Crippen MR) is 79.7 cm³/mol. The molecule has 3 heterocycles. The fourth-order valence-corrected chi connectivity index (χ4v) is 3.13. The molecule has 1 unspecified atom stereocenters. The van der Waals surface area contributed by atoms with Crippen LogP contribution in [-0.4, -0.2) is 36.2 Å². The third kappa shape index (κ3) is 2.84. The molecule has 3 rings (SSSR count). The number of fused-ring (bicyclic) bond motifs is 1. The van der Waals surface area contributed by atoms with Gasteiger partial charge >= 0.3 is 0 Å². The van der Waals surface area contributed by atoms with Gasteiger partial charge in [0.15, 0.2) is 0 Å². The molecule has 0 spiro atoms. The van der Waals surface area contributed by atoms with Crippen molar-refractivity contribution in [2.75, 3.05) is 29.9 Å². The average Bonchev–Trinajstić information content (AvgIpc) is 2.86. The Labute approximate surface area is 115 Å². The minimum absolute atomic E-state index is 0.0503. The predicted octanol–water partition coefficient (Wildman–Crippen LogP) is 2.09. The van der Waals surface area contributed by atoms with Gasteiger partial charge < -0.3 is 15.5 Å². The van der Waals surface area contributed by atoms with E-state index in [0.29, 0.717) is 6.04 Å². The second-order valence-corrected chi connectivity index (χ2v) is 6.79. The lowest BCUT2D eigenvalue weighted by molar-refractivity contribution is 0.556. The van der Waals surface area contributed by atoms with Crippen LogP contribution in [0.3, 0.4) is 0 Å². The van der Waals surface area contributed by atoms with Crippen LogP contribution in [0, 0.1) is 5.92 Å². The highest BCUT2D eigenvalue weighted by Crippen LogP contribution is 2.30. The quantitative estimate of drug-likeness (QED) is 0.854. The number of hydrogen-bond donors (Lipinski definition) is 2. The molecule has 2 N–H and O–H groups in total. The maximum absolute atomic E-state index is 4.41. The van der Waals surface area contributed by atoms with Crippen molar-refractivity contribution in [1.82, 2.24) is 10.3 Å². The fraction of sp³-hybridized carbons (Fsp3) is 0.667. The Balaban J connectivity index is 1.73. The molecule has 0 bridgehead atoms. The van der Waals surface area contributed by atoms with E-state index in [1.807, 2.05) is 6.20 Å². The molecule has 2 aliphatic heterocycles. The Morgan fingerprint density at radius 2 is 2.21 bits per heavy atom. The minimum Gasteiger partial charge on any atom is -0.369 e. The summed E-state index contributed by atoms with van der Waals surface area (Å²) in [4.78, 5) is 6.90. The van der Waals surface area contributed by atoms with E-state index in [2.05, 4.69) is 53.4 Å². The monoisotopic (exact) mass is 260 g/mol. The van der Waals surface area contributed by atoms with E-state index < -0.39 is 0 Å². The van der Waals surface area contributed by atoms with Gasteiger partial charge in [-0.25, -0.2) is 4.98 Å². The molecule has 19 heavy (non-hydrogen) atoms. The van der Waals surface area contributed by atoms with Gasteiger partial charge in [0.1, 0.15) is 5.82 Å². The molecule has 1 aromatic heterocycles. The SMILES string of the molecule is CC(C)(C)Nc1cc(N2CC3NCC[C@@H]3C2)ccn1. The molecule has 2 atom stereocenters. The number of aromatic nitrogens is 1. The maximum atomic E-state index is 4.41. The van der Waals surface area contributed by atoms with Gasteiger partial charge in [-0.3, -0.25) is 0 Å². The molecule has 2 saturated heterocycles. The van der Waals surface area contributed by atoms with E-state index in [0.717, 1.165) is 18.3 Å². The van der Waals surface area contributed by atoms with Crippen molar-refractivity contribution in [3.8, 4) is 0 Å². The van der Waals surface area contributed by atoms with Gasteiger partial charge in [-0.05, 0) is 45.7 Å². The Hall–Kier alpha value is -1.29. The largest absolute Gasteiger partial charge is 0.369 e. The van der Waals surface area contributed by atoms with E-state index >= 15 is 0 Å². The van der Waals surface area contributed by atoms with Crippen LogP contribution in [0.4, 0.5) is 11.5 Å². The molecule has 2 aliphatic rings. The molecule has 0 saturated carbocycles. The van der Waals surface area contributed by atoms with E-state index in [1.165, 1.54) is 25.2 Å². The molecular formula is C15H24N4. The molecule has 0 amide bonds. The van der Waals surface area contributed by atoms with Crippen molar-refractivity contribution < 1.29 is 0 Å². The summed E-state index contributed by atoms with van der Waals surface area (Å²) in [5.41, 5.74) is 1.34. The topological polar surface area (TPSA) is 40.2 Å². The molecule has 1 aromatic rings. The van der Waals surface area contributed by atoms with Gasteiger partial charge in [0.2, 0.25) is 0 Å². The Bertz CT molecular complexity index is 440. The first kappa shape index (κ1) is 12.7. The number of pyridine rings is 1. The summed E-state index contributed by atoms with van der Waals surface area (Å²) in [5.74, 6) is 1.79. The van der Waals surface area contributed by atoms with Crippen molar-refractivity contribution in [1.29, 1.82) is 0 Å². The molecular weight excluding hydrogens is 236 g/mol.